The molecule has 8 nitrogen and oxygen atoms in total. The Hall–Kier alpha value is -2.04. The molecule has 0 unspecified atom stereocenters. The van der Waals surface area contributed by atoms with Gasteiger partial charge in [-0.15, -0.1) is 11.3 Å². The second-order valence-electron chi connectivity index (χ2n) is 4.96. The number of anilines is 1. The first kappa shape index (κ1) is 15.8. The average Bonchev–Trinajstić information content (AvgIpc) is 3.10. The summed E-state index contributed by atoms with van der Waals surface area (Å²) >= 11 is 1.47. The molecule has 0 aliphatic heterocycles. The van der Waals surface area contributed by atoms with E-state index < -0.39 is 10.0 Å². The lowest BCUT2D eigenvalue weighted by Gasteiger charge is -2.08. The number of H-pyrrole nitrogens is 1. The standard InChI is InChI=1S/C13H16N6O2S2/c1-8-5-11(9(2)22-8)23(20,21)18-4-3-14-12-10-6-17-19-13(10)16-7-15-12/h5-7,18H,3-4H2,1-2H3,(H2,14,15,16,17,19). The van der Waals surface area contributed by atoms with E-state index in [9.17, 15) is 8.42 Å². The van der Waals surface area contributed by atoms with E-state index in [0.717, 1.165) is 15.1 Å². The second kappa shape index (κ2) is 6.22. The van der Waals surface area contributed by atoms with E-state index in [0.29, 0.717) is 22.9 Å². The molecule has 0 spiro atoms. The van der Waals surface area contributed by atoms with Crippen LogP contribution in [0.2, 0.25) is 0 Å². The number of nitrogens with one attached hydrogen (secondary N) is 3. The summed E-state index contributed by atoms with van der Waals surface area (Å²) in [6.07, 6.45) is 3.05. The molecule has 3 aromatic rings. The highest BCUT2D eigenvalue weighted by Crippen LogP contribution is 2.24. The molecule has 3 rings (SSSR count). The van der Waals surface area contributed by atoms with Crippen LogP contribution in [0.4, 0.5) is 5.82 Å². The van der Waals surface area contributed by atoms with Crippen molar-refractivity contribution < 1.29 is 8.42 Å². The minimum atomic E-state index is -3.49. The quantitative estimate of drug-likeness (QED) is 0.578. The topological polar surface area (TPSA) is 113 Å². The van der Waals surface area contributed by atoms with Crippen molar-refractivity contribution in [2.24, 2.45) is 0 Å². The van der Waals surface area contributed by atoms with Gasteiger partial charge in [-0.05, 0) is 19.9 Å². The van der Waals surface area contributed by atoms with Crippen LogP contribution >= 0.6 is 11.3 Å². The van der Waals surface area contributed by atoms with Gasteiger partial charge < -0.3 is 5.32 Å². The smallest absolute Gasteiger partial charge is 0.241 e. The Labute approximate surface area is 137 Å². The zero-order chi connectivity index (χ0) is 16.4. The molecule has 0 aromatic carbocycles. The maximum Gasteiger partial charge on any atom is 0.241 e. The molecule has 0 atom stereocenters. The van der Waals surface area contributed by atoms with Crippen molar-refractivity contribution in [2.45, 2.75) is 18.7 Å². The van der Waals surface area contributed by atoms with Gasteiger partial charge in [0.25, 0.3) is 0 Å². The normalized spacial score (nSPS) is 11.9. The van der Waals surface area contributed by atoms with E-state index >= 15 is 0 Å². The number of aryl methyl sites for hydroxylation is 2. The Morgan fingerprint density at radius 3 is 2.83 bits per heavy atom. The molecule has 0 saturated carbocycles. The number of fused-ring (bicyclic) bond motifs is 1. The van der Waals surface area contributed by atoms with Crippen molar-refractivity contribution in [2.75, 3.05) is 18.4 Å². The number of rotatable bonds is 6. The number of sulfonamides is 1. The van der Waals surface area contributed by atoms with Crippen LogP contribution < -0.4 is 10.0 Å². The number of nitrogens with zero attached hydrogens (tertiary/aromatic N) is 3. The highest BCUT2D eigenvalue weighted by Gasteiger charge is 2.18. The Kier molecular flexibility index (Phi) is 4.28. The molecule has 0 aliphatic rings. The van der Waals surface area contributed by atoms with E-state index in [2.05, 4.69) is 30.2 Å². The van der Waals surface area contributed by atoms with Gasteiger partial charge in [0, 0.05) is 22.8 Å². The molecule has 10 heteroatoms. The van der Waals surface area contributed by atoms with Crippen LogP contribution in [0.15, 0.2) is 23.5 Å². The summed E-state index contributed by atoms with van der Waals surface area (Å²) in [4.78, 5) is 10.3. The number of hydrogen-bond donors (Lipinski definition) is 3. The van der Waals surface area contributed by atoms with Gasteiger partial charge in [-0.3, -0.25) is 5.10 Å². The van der Waals surface area contributed by atoms with Crippen molar-refractivity contribution in [3.8, 4) is 0 Å². The number of hydrogen-bond acceptors (Lipinski definition) is 7. The average molecular weight is 352 g/mol. The highest BCUT2D eigenvalue weighted by atomic mass is 32.2. The first-order valence-electron chi connectivity index (χ1n) is 6.92. The third-order valence-electron chi connectivity index (χ3n) is 3.24. The van der Waals surface area contributed by atoms with Gasteiger partial charge in [-0.1, -0.05) is 0 Å². The Balaban J connectivity index is 1.61. The van der Waals surface area contributed by atoms with Gasteiger partial charge >= 0.3 is 0 Å². The summed E-state index contributed by atoms with van der Waals surface area (Å²) in [6.45, 7) is 4.35. The van der Waals surface area contributed by atoms with Gasteiger partial charge in [0.2, 0.25) is 10.0 Å². The Morgan fingerprint density at radius 2 is 2.09 bits per heavy atom. The minimum Gasteiger partial charge on any atom is -0.368 e. The summed E-state index contributed by atoms with van der Waals surface area (Å²) in [5.74, 6) is 0.616. The Morgan fingerprint density at radius 1 is 1.26 bits per heavy atom. The van der Waals surface area contributed by atoms with Crippen molar-refractivity contribution in [1.29, 1.82) is 0 Å². The lowest BCUT2D eigenvalue weighted by Crippen LogP contribution is -2.29. The summed E-state index contributed by atoms with van der Waals surface area (Å²) in [5, 5.41) is 10.5. The molecule has 0 fully saturated rings. The van der Waals surface area contributed by atoms with E-state index in [1.165, 1.54) is 17.7 Å². The maximum atomic E-state index is 12.3. The summed E-state index contributed by atoms with van der Waals surface area (Å²) < 4.78 is 27.1. The lowest BCUT2D eigenvalue weighted by atomic mass is 10.4. The first-order valence-corrected chi connectivity index (χ1v) is 9.22. The third kappa shape index (κ3) is 3.33. The maximum absolute atomic E-state index is 12.3. The molecule has 3 N–H and O–H groups in total. The molecule has 3 heterocycles. The SMILES string of the molecule is Cc1cc(S(=O)(=O)NCCNc2ncnc3[nH]ncc23)c(C)s1. The van der Waals surface area contributed by atoms with E-state index in [4.69, 9.17) is 0 Å². The summed E-state index contributed by atoms with van der Waals surface area (Å²) in [6, 6.07) is 1.69. The predicted molar refractivity (Wildman–Crippen MR) is 89.2 cm³/mol. The summed E-state index contributed by atoms with van der Waals surface area (Å²) in [7, 11) is -3.49. The molecular formula is C13H16N6O2S2. The van der Waals surface area contributed by atoms with Crippen molar-refractivity contribution in [1.82, 2.24) is 24.9 Å². The fourth-order valence-corrected chi connectivity index (χ4v) is 4.81. The van der Waals surface area contributed by atoms with Crippen LogP contribution in [0.1, 0.15) is 9.75 Å². The van der Waals surface area contributed by atoms with Gasteiger partial charge in [-0.2, -0.15) is 5.10 Å². The van der Waals surface area contributed by atoms with Crippen LogP contribution in [0.5, 0.6) is 0 Å². The number of aromatic nitrogens is 4. The van der Waals surface area contributed by atoms with E-state index in [1.54, 1.807) is 19.2 Å². The zero-order valence-electron chi connectivity index (χ0n) is 12.6. The van der Waals surface area contributed by atoms with Crippen LogP contribution in [0, 0.1) is 13.8 Å². The summed E-state index contributed by atoms with van der Waals surface area (Å²) in [5.41, 5.74) is 0.632. The zero-order valence-corrected chi connectivity index (χ0v) is 14.3. The third-order valence-corrected chi connectivity index (χ3v) is 5.92. The first-order chi connectivity index (χ1) is 11.0. The lowest BCUT2D eigenvalue weighted by molar-refractivity contribution is 0.582. The largest absolute Gasteiger partial charge is 0.368 e. The van der Waals surface area contributed by atoms with Crippen LogP contribution in [-0.4, -0.2) is 41.7 Å². The van der Waals surface area contributed by atoms with Crippen LogP contribution in [0.25, 0.3) is 11.0 Å². The van der Waals surface area contributed by atoms with Crippen LogP contribution in [0.3, 0.4) is 0 Å². The highest BCUT2D eigenvalue weighted by molar-refractivity contribution is 7.89. The molecule has 0 amide bonds. The molecule has 122 valence electrons. The van der Waals surface area contributed by atoms with Gasteiger partial charge in [-0.25, -0.2) is 23.1 Å². The molecule has 23 heavy (non-hydrogen) atoms. The molecule has 0 aliphatic carbocycles. The fourth-order valence-electron chi connectivity index (χ4n) is 2.22. The molecule has 3 aromatic heterocycles. The minimum absolute atomic E-state index is 0.250. The molecule has 0 bridgehead atoms. The second-order valence-corrected chi connectivity index (χ2v) is 8.15. The van der Waals surface area contributed by atoms with Crippen LogP contribution in [-0.2, 0) is 10.0 Å². The number of aromatic amines is 1. The van der Waals surface area contributed by atoms with E-state index in [1.807, 2.05) is 6.92 Å². The Bertz CT molecular complexity index is 931. The van der Waals surface area contributed by atoms with E-state index in [-0.39, 0.29) is 6.54 Å². The van der Waals surface area contributed by atoms with Gasteiger partial charge in [0.15, 0.2) is 5.65 Å². The number of thiophene rings is 1. The fraction of sp³-hybridized carbons (Fsp3) is 0.308. The van der Waals surface area contributed by atoms with Crippen molar-refractivity contribution in [3.63, 3.8) is 0 Å². The molecular weight excluding hydrogens is 336 g/mol. The van der Waals surface area contributed by atoms with Gasteiger partial charge in [0.1, 0.15) is 12.1 Å². The van der Waals surface area contributed by atoms with Crippen molar-refractivity contribution in [3.05, 3.63) is 28.3 Å². The van der Waals surface area contributed by atoms with Crippen molar-refractivity contribution >= 4 is 38.2 Å². The predicted octanol–water partition coefficient (Wildman–Crippen LogP) is 1.42. The monoisotopic (exact) mass is 352 g/mol. The van der Waals surface area contributed by atoms with Gasteiger partial charge in [0.05, 0.1) is 16.5 Å². The molecule has 0 radical (unpaired) electrons. The molecule has 0 saturated heterocycles.